The number of amides is 1. The van der Waals surface area contributed by atoms with Crippen LogP contribution in [0.15, 0.2) is 59.5 Å². The SMILES string of the molecule is C[C@H](NC(=O)c1ncoc1-c1ccccc1Cl)c1ccccn1. The van der Waals surface area contributed by atoms with Crippen LogP contribution in [0, 0.1) is 0 Å². The van der Waals surface area contributed by atoms with E-state index in [1.807, 2.05) is 37.3 Å². The lowest BCUT2D eigenvalue weighted by atomic mass is 10.1. The first kappa shape index (κ1) is 15.2. The summed E-state index contributed by atoms with van der Waals surface area (Å²) in [5, 5.41) is 3.36. The van der Waals surface area contributed by atoms with Gasteiger partial charge in [-0.1, -0.05) is 29.8 Å². The van der Waals surface area contributed by atoms with Crippen LogP contribution in [0.1, 0.15) is 29.1 Å². The van der Waals surface area contributed by atoms with Crippen molar-refractivity contribution in [2.45, 2.75) is 13.0 Å². The highest BCUT2D eigenvalue weighted by atomic mass is 35.5. The van der Waals surface area contributed by atoms with Gasteiger partial charge in [0.15, 0.2) is 17.8 Å². The average Bonchev–Trinajstić information content (AvgIpc) is 3.05. The number of rotatable bonds is 4. The zero-order chi connectivity index (χ0) is 16.2. The molecule has 3 aromatic rings. The van der Waals surface area contributed by atoms with E-state index in [9.17, 15) is 4.79 Å². The summed E-state index contributed by atoms with van der Waals surface area (Å²) in [4.78, 5) is 20.7. The second-order valence-corrected chi connectivity index (χ2v) is 5.37. The molecule has 0 aliphatic rings. The molecule has 0 bridgehead atoms. The number of aromatic nitrogens is 2. The Kier molecular flexibility index (Phi) is 4.39. The van der Waals surface area contributed by atoms with Gasteiger partial charge in [0.25, 0.3) is 5.91 Å². The highest BCUT2D eigenvalue weighted by Gasteiger charge is 2.21. The van der Waals surface area contributed by atoms with Crippen molar-refractivity contribution in [3.8, 4) is 11.3 Å². The third kappa shape index (κ3) is 3.24. The fourth-order valence-corrected chi connectivity index (χ4v) is 2.44. The van der Waals surface area contributed by atoms with Gasteiger partial charge in [0.05, 0.1) is 16.8 Å². The number of oxazole rings is 1. The summed E-state index contributed by atoms with van der Waals surface area (Å²) < 4.78 is 5.37. The fraction of sp³-hybridized carbons (Fsp3) is 0.118. The van der Waals surface area contributed by atoms with E-state index in [-0.39, 0.29) is 17.6 Å². The summed E-state index contributed by atoms with van der Waals surface area (Å²) >= 11 is 6.16. The van der Waals surface area contributed by atoms with Gasteiger partial charge in [-0.3, -0.25) is 9.78 Å². The van der Waals surface area contributed by atoms with Gasteiger partial charge in [-0.05, 0) is 31.2 Å². The first-order valence-electron chi connectivity index (χ1n) is 7.07. The number of nitrogens with one attached hydrogen (secondary N) is 1. The number of halogens is 1. The van der Waals surface area contributed by atoms with Crippen molar-refractivity contribution in [3.63, 3.8) is 0 Å². The van der Waals surface area contributed by atoms with Gasteiger partial charge >= 0.3 is 0 Å². The van der Waals surface area contributed by atoms with Gasteiger partial charge in [0.1, 0.15) is 0 Å². The van der Waals surface area contributed by atoms with E-state index >= 15 is 0 Å². The Hall–Kier alpha value is -2.66. The predicted molar refractivity (Wildman–Crippen MR) is 87.1 cm³/mol. The number of pyridine rings is 1. The summed E-state index contributed by atoms with van der Waals surface area (Å²) in [7, 11) is 0. The lowest BCUT2D eigenvalue weighted by Crippen LogP contribution is -2.27. The van der Waals surface area contributed by atoms with Crippen LogP contribution in [0.2, 0.25) is 5.02 Å². The number of nitrogens with zero attached hydrogens (tertiary/aromatic N) is 2. The Morgan fingerprint density at radius 1 is 1.17 bits per heavy atom. The van der Waals surface area contributed by atoms with Crippen LogP contribution < -0.4 is 5.32 Å². The van der Waals surface area contributed by atoms with Gasteiger partial charge in [0, 0.05) is 11.8 Å². The highest BCUT2D eigenvalue weighted by Crippen LogP contribution is 2.30. The zero-order valence-corrected chi connectivity index (χ0v) is 13.1. The largest absolute Gasteiger partial charge is 0.443 e. The Bertz CT molecular complexity index is 817. The molecule has 0 unspecified atom stereocenters. The van der Waals surface area contributed by atoms with Crippen LogP contribution in [-0.4, -0.2) is 15.9 Å². The van der Waals surface area contributed by atoms with E-state index in [2.05, 4.69) is 15.3 Å². The third-order valence-electron chi connectivity index (χ3n) is 3.38. The molecule has 0 fully saturated rings. The van der Waals surface area contributed by atoms with Crippen LogP contribution >= 0.6 is 11.6 Å². The van der Waals surface area contributed by atoms with E-state index in [1.165, 1.54) is 6.39 Å². The smallest absolute Gasteiger partial charge is 0.274 e. The van der Waals surface area contributed by atoms with Crippen molar-refractivity contribution < 1.29 is 9.21 Å². The van der Waals surface area contributed by atoms with Crippen molar-refractivity contribution in [3.05, 3.63) is 71.5 Å². The van der Waals surface area contributed by atoms with E-state index in [0.717, 1.165) is 5.69 Å². The maximum atomic E-state index is 12.5. The number of hydrogen-bond acceptors (Lipinski definition) is 4. The van der Waals surface area contributed by atoms with Crippen molar-refractivity contribution in [2.75, 3.05) is 0 Å². The van der Waals surface area contributed by atoms with E-state index in [1.54, 1.807) is 18.3 Å². The quantitative estimate of drug-likeness (QED) is 0.789. The highest BCUT2D eigenvalue weighted by molar-refractivity contribution is 6.33. The third-order valence-corrected chi connectivity index (χ3v) is 3.71. The second kappa shape index (κ2) is 6.62. The molecule has 23 heavy (non-hydrogen) atoms. The molecule has 0 saturated carbocycles. The fourth-order valence-electron chi connectivity index (χ4n) is 2.22. The molecular formula is C17H14ClN3O2. The Labute approximate surface area is 138 Å². The Morgan fingerprint density at radius 2 is 1.96 bits per heavy atom. The second-order valence-electron chi connectivity index (χ2n) is 4.96. The first-order chi connectivity index (χ1) is 11.2. The van der Waals surface area contributed by atoms with Crippen LogP contribution in [0.4, 0.5) is 0 Å². The van der Waals surface area contributed by atoms with Gasteiger partial charge in [-0.15, -0.1) is 0 Å². The molecule has 0 aliphatic heterocycles. The van der Waals surface area contributed by atoms with E-state index in [0.29, 0.717) is 16.3 Å². The van der Waals surface area contributed by atoms with E-state index < -0.39 is 0 Å². The van der Waals surface area contributed by atoms with Gasteiger partial charge in [0.2, 0.25) is 0 Å². The number of carbonyl (C=O) groups is 1. The molecule has 1 atom stereocenters. The lowest BCUT2D eigenvalue weighted by molar-refractivity contribution is 0.0935. The lowest BCUT2D eigenvalue weighted by Gasteiger charge is -2.12. The average molecular weight is 328 g/mol. The van der Waals surface area contributed by atoms with Crippen LogP contribution in [-0.2, 0) is 0 Å². The number of carbonyl (C=O) groups excluding carboxylic acids is 1. The van der Waals surface area contributed by atoms with E-state index in [4.69, 9.17) is 16.0 Å². The first-order valence-corrected chi connectivity index (χ1v) is 7.45. The van der Waals surface area contributed by atoms with Gasteiger partial charge in [-0.25, -0.2) is 4.98 Å². The summed E-state index contributed by atoms with van der Waals surface area (Å²) in [5.41, 5.74) is 1.59. The van der Waals surface area contributed by atoms with Crippen LogP contribution in [0.3, 0.4) is 0 Å². The Morgan fingerprint density at radius 3 is 2.70 bits per heavy atom. The molecule has 1 N–H and O–H groups in total. The minimum atomic E-state index is -0.341. The molecule has 3 rings (SSSR count). The standard InChI is InChI=1S/C17H14ClN3O2/c1-11(14-8-4-5-9-19-14)21-17(22)15-16(23-10-20-15)12-6-2-3-7-13(12)18/h2-11H,1H3,(H,21,22)/t11-/m0/s1. The molecule has 0 radical (unpaired) electrons. The molecule has 6 heteroatoms. The molecule has 2 aromatic heterocycles. The Balaban J connectivity index is 1.85. The zero-order valence-electron chi connectivity index (χ0n) is 12.4. The van der Waals surface area contributed by atoms with Crippen LogP contribution in [0.5, 0.6) is 0 Å². The molecule has 0 spiro atoms. The summed E-state index contributed by atoms with van der Waals surface area (Å²) in [6.45, 7) is 1.86. The predicted octanol–water partition coefficient (Wildman–Crippen LogP) is 3.88. The topological polar surface area (TPSA) is 68.0 Å². The molecule has 2 heterocycles. The van der Waals surface area contributed by atoms with Crippen molar-refractivity contribution in [1.82, 2.24) is 15.3 Å². The minimum Gasteiger partial charge on any atom is -0.443 e. The molecule has 5 nitrogen and oxygen atoms in total. The summed E-state index contributed by atoms with van der Waals surface area (Å²) in [6.07, 6.45) is 2.92. The van der Waals surface area contributed by atoms with Crippen LogP contribution in [0.25, 0.3) is 11.3 Å². The maximum Gasteiger partial charge on any atom is 0.274 e. The van der Waals surface area contributed by atoms with Gasteiger partial charge < -0.3 is 9.73 Å². The molecule has 1 amide bonds. The van der Waals surface area contributed by atoms with Crippen molar-refractivity contribution >= 4 is 17.5 Å². The van der Waals surface area contributed by atoms with Crippen molar-refractivity contribution in [1.29, 1.82) is 0 Å². The monoisotopic (exact) mass is 327 g/mol. The summed E-state index contributed by atoms with van der Waals surface area (Å²) in [5.74, 6) is 0.00754. The van der Waals surface area contributed by atoms with Crippen molar-refractivity contribution in [2.24, 2.45) is 0 Å². The number of benzene rings is 1. The van der Waals surface area contributed by atoms with Gasteiger partial charge in [-0.2, -0.15) is 0 Å². The normalized spacial score (nSPS) is 11.9. The maximum absolute atomic E-state index is 12.5. The molecule has 0 saturated heterocycles. The molecular weight excluding hydrogens is 314 g/mol. The summed E-state index contributed by atoms with van der Waals surface area (Å²) in [6, 6.07) is 12.4. The number of hydrogen-bond donors (Lipinski definition) is 1. The molecule has 116 valence electrons. The molecule has 1 aromatic carbocycles. The minimum absolute atomic E-state index is 0.195. The molecule has 0 aliphatic carbocycles.